The first-order valence-corrected chi connectivity index (χ1v) is 7.93. The van der Waals surface area contributed by atoms with Gasteiger partial charge in [0.2, 0.25) is 5.90 Å². The van der Waals surface area contributed by atoms with Gasteiger partial charge in [-0.05, 0) is 41.6 Å². The standard InChI is InChI=1S/C17H15NO3S/c1-2-9-20-13-7-5-12(6-8-13)11-14-17(19)21-16(18-14)15-4-3-10-22-15/h3-8,10-11H,2,9H2,1H3. The van der Waals surface area contributed by atoms with E-state index in [0.717, 1.165) is 22.6 Å². The molecule has 22 heavy (non-hydrogen) atoms. The van der Waals surface area contributed by atoms with Gasteiger partial charge >= 0.3 is 5.97 Å². The van der Waals surface area contributed by atoms with E-state index in [4.69, 9.17) is 9.47 Å². The Kier molecular flexibility index (Phi) is 4.34. The van der Waals surface area contributed by atoms with Gasteiger partial charge < -0.3 is 9.47 Å². The number of hydrogen-bond donors (Lipinski definition) is 0. The second kappa shape index (κ2) is 6.58. The fraction of sp³-hybridized carbons (Fsp3) is 0.176. The molecule has 2 heterocycles. The van der Waals surface area contributed by atoms with Crippen LogP contribution in [0, 0.1) is 0 Å². The Balaban J connectivity index is 1.78. The number of nitrogens with zero attached hydrogens (tertiary/aromatic N) is 1. The van der Waals surface area contributed by atoms with E-state index in [-0.39, 0.29) is 0 Å². The van der Waals surface area contributed by atoms with E-state index >= 15 is 0 Å². The molecule has 0 fully saturated rings. The number of benzene rings is 1. The molecule has 112 valence electrons. The third-order valence-corrected chi connectivity index (χ3v) is 3.87. The molecule has 1 aromatic heterocycles. The molecule has 3 rings (SSSR count). The zero-order valence-electron chi connectivity index (χ0n) is 12.1. The van der Waals surface area contributed by atoms with Gasteiger partial charge in [-0.25, -0.2) is 9.79 Å². The van der Waals surface area contributed by atoms with Crippen LogP contribution >= 0.6 is 11.3 Å². The fourth-order valence-electron chi connectivity index (χ4n) is 1.95. The summed E-state index contributed by atoms with van der Waals surface area (Å²) in [6.45, 7) is 2.76. The maximum atomic E-state index is 11.9. The summed E-state index contributed by atoms with van der Waals surface area (Å²) in [4.78, 5) is 17.0. The van der Waals surface area contributed by atoms with Gasteiger partial charge in [0.25, 0.3) is 0 Å². The van der Waals surface area contributed by atoms with Gasteiger partial charge in [-0.3, -0.25) is 0 Å². The highest BCUT2D eigenvalue weighted by atomic mass is 32.1. The van der Waals surface area contributed by atoms with E-state index in [9.17, 15) is 4.79 Å². The smallest absolute Gasteiger partial charge is 0.363 e. The number of aliphatic imine (C=N–C) groups is 1. The lowest BCUT2D eigenvalue weighted by atomic mass is 10.2. The van der Waals surface area contributed by atoms with E-state index < -0.39 is 5.97 Å². The fourth-order valence-corrected chi connectivity index (χ4v) is 2.60. The SMILES string of the molecule is CCCOc1ccc(C=C2N=C(c3cccs3)OC2=O)cc1. The molecule has 1 aliphatic heterocycles. The number of thiophene rings is 1. The van der Waals surface area contributed by atoms with Crippen molar-refractivity contribution in [3.8, 4) is 5.75 Å². The highest BCUT2D eigenvalue weighted by Crippen LogP contribution is 2.22. The predicted octanol–water partition coefficient (Wildman–Crippen LogP) is 3.88. The molecule has 0 N–H and O–H groups in total. The molecule has 0 unspecified atom stereocenters. The molecule has 5 heteroatoms. The normalized spacial score (nSPS) is 15.8. The molecule has 2 aromatic rings. The summed E-state index contributed by atoms with van der Waals surface area (Å²) in [5, 5.41) is 1.92. The monoisotopic (exact) mass is 313 g/mol. The van der Waals surface area contributed by atoms with Gasteiger partial charge in [0, 0.05) is 0 Å². The summed E-state index contributed by atoms with van der Waals surface area (Å²) >= 11 is 1.49. The lowest BCUT2D eigenvalue weighted by Gasteiger charge is -2.04. The average molecular weight is 313 g/mol. The van der Waals surface area contributed by atoms with Crippen molar-refractivity contribution in [3.63, 3.8) is 0 Å². The third kappa shape index (κ3) is 3.26. The van der Waals surface area contributed by atoms with Gasteiger partial charge in [0.15, 0.2) is 5.70 Å². The molecule has 0 saturated heterocycles. The predicted molar refractivity (Wildman–Crippen MR) is 87.2 cm³/mol. The summed E-state index contributed by atoms with van der Waals surface area (Å²) in [7, 11) is 0. The van der Waals surface area contributed by atoms with E-state index in [2.05, 4.69) is 11.9 Å². The van der Waals surface area contributed by atoms with Crippen LogP contribution in [0.2, 0.25) is 0 Å². The first-order chi connectivity index (χ1) is 10.8. The van der Waals surface area contributed by atoms with Crippen molar-refractivity contribution in [1.29, 1.82) is 0 Å². The van der Waals surface area contributed by atoms with Gasteiger partial charge in [-0.2, -0.15) is 0 Å². The number of ether oxygens (including phenoxy) is 2. The first-order valence-electron chi connectivity index (χ1n) is 7.05. The van der Waals surface area contributed by atoms with E-state index in [0.29, 0.717) is 18.2 Å². The van der Waals surface area contributed by atoms with Crippen LogP contribution in [0.15, 0.2) is 52.5 Å². The molecule has 0 aliphatic carbocycles. The average Bonchev–Trinajstić information content (AvgIpc) is 3.17. The molecule has 0 atom stereocenters. The Labute approximate surface area is 132 Å². The van der Waals surface area contributed by atoms with Crippen molar-refractivity contribution in [2.75, 3.05) is 6.61 Å². The minimum Gasteiger partial charge on any atom is -0.494 e. The molecule has 0 saturated carbocycles. The number of esters is 1. The largest absolute Gasteiger partial charge is 0.494 e. The van der Waals surface area contributed by atoms with Gasteiger partial charge in [-0.1, -0.05) is 25.1 Å². The zero-order chi connectivity index (χ0) is 15.4. The van der Waals surface area contributed by atoms with Crippen LogP contribution < -0.4 is 4.74 Å². The Bertz CT molecular complexity index is 715. The minimum atomic E-state index is -0.422. The van der Waals surface area contributed by atoms with Gasteiger partial charge in [-0.15, -0.1) is 11.3 Å². The van der Waals surface area contributed by atoms with E-state index in [1.54, 1.807) is 6.08 Å². The molecule has 4 nitrogen and oxygen atoms in total. The Morgan fingerprint density at radius 1 is 1.27 bits per heavy atom. The van der Waals surface area contributed by atoms with Gasteiger partial charge in [0.1, 0.15) is 5.75 Å². The molecule has 0 radical (unpaired) electrons. The highest BCUT2D eigenvalue weighted by molar-refractivity contribution is 7.12. The molecule has 0 amide bonds. The van der Waals surface area contributed by atoms with Crippen molar-refractivity contribution in [3.05, 3.63) is 57.9 Å². The van der Waals surface area contributed by atoms with Crippen LogP contribution in [0.4, 0.5) is 0 Å². The van der Waals surface area contributed by atoms with Crippen LogP contribution in [0.25, 0.3) is 6.08 Å². The van der Waals surface area contributed by atoms with Crippen molar-refractivity contribution in [1.82, 2.24) is 0 Å². The van der Waals surface area contributed by atoms with Crippen LogP contribution in [0.5, 0.6) is 5.75 Å². The summed E-state index contributed by atoms with van der Waals surface area (Å²) in [6.07, 6.45) is 2.68. The summed E-state index contributed by atoms with van der Waals surface area (Å²) in [6, 6.07) is 11.3. The Morgan fingerprint density at radius 2 is 2.09 bits per heavy atom. The van der Waals surface area contributed by atoms with Crippen molar-refractivity contribution in [2.24, 2.45) is 4.99 Å². The van der Waals surface area contributed by atoms with E-state index in [1.807, 2.05) is 41.8 Å². The summed E-state index contributed by atoms with van der Waals surface area (Å²) in [5.41, 5.74) is 1.19. The maximum absolute atomic E-state index is 11.9. The topological polar surface area (TPSA) is 47.9 Å². The van der Waals surface area contributed by atoms with Crippen LogP contribution in [-0.2, 0) is 9.53 Å². The second-order valence-corrected chi connectivity index (χ2v) is 5.68. The number of hydrogen-bond acceptors (Lipinski definition) is 5. The molecule has 0 spiro atoms. The lowest BCUT2D eigenvalue weighted by Crippen LogP contribution is -2.03. The second-order valence-electron chi connectivity index (χ2n) is 4.73. The number of rotatable bonds is 5. The summed E-state index contributed by atoms with van der Waals surface area (Å²) in [5.74, 6) is 0.768. The highest BCUT2D eigenvalue weighted by Gasteiger charge is 2.24. The molecular weight excluding hydrogens is 298 g/mol. The summed E-state index contributed by atoms with van der Waals surface area (Å²) < 4.78 is 10.7. The number of carbonyl (C=O) groups excluding carboxylic acids is 1. The lowest BCUT2D eigenvalue weighted by molar-refractivity contribution is -0.129. The van der Waals surface area contributed by atoms with Crippen molar-refractivity contribution in [2.45, 2.75) is 13.3 Å². The van der Waals surface area contributed by atoms with Crippen LogP contribution in [-0.4, -0.2) is 18.5 Å². The number of carbonyl (C=O) groups is 1. The molecule has 1 aliphatic rings. The third-order valence-electron chi connectivity index (χ3n) is 3.01. The molecular formula is C17H15NO3S. The first kappa shape index (κ1) is 14.5. The van der Waals surface area contributed by atoms with E-state index in [1.165, 1.54) is 11.3 Å². The maximum Gasteiger partial charge on any atom is 0.363 e. The van der Waals surface area contributed by atoms with Gasteiger partial charge in [0.05, 0.1) is 11.5 Å². The quantitative estimate of drug-likeness (QED) is 0.621. The minimum absolute atomic E-state index is 0.311. The van der Waals surface area contributed by atoms with Crippen molar-refractivity contribution < 1.29 is 14.3 Å². The Morgan fingerprint density at radius 3 is 2.77 bits per heavy atom. The van der Waals surface area contributed by atoms with Crippen LogP contribution in [0.1, 0.15) is 23.8 Å². The Hall–Kier alpha value is -2.40. The van der Waals surface area contributed by atoms with Crippen molar-refractivity contribution >= 4 is 29.3 Å². The zero-order valence-corrected chi connectivity index (χ0v) is 12.9. The van der Waals surface area contributed by atoms with Crippen LogP contribution in [0.3, 0.4) is 0 Å². The molecule has 0 bridgehead atoms. The molecule has 1 aromatic carbocycles. The number of cyclic esters (lactones) is 1.